The number of nitro benzene ring substituents is 1. The highest BCUT2D eigenvalue weighted by atomic mass is 35.5. The number of piperazine rings is 1. The number of furan rings is 1. The van der Waals surface area contributed by atoms with E-state index in [4.69, 9.17) is 16.0 Å². The van der Waals surface area contributed by atoms with Gasteiger partial charge in [0.25, 0.3) is 17.5 Å². The van der Waals surface area contributed by atoms with Crippen LogP contribution in [0.25, 0.3) is 0 Å². The van der Waals surface area contributed by atoms with Crippen LogP contribution < -0.4 is 0 Å². The van der Waals surface area contributed by atoms with E-state index in [-0.39, 0.29) is 22.2 Å². The molecule has 0 unspecified atom stereocenters. The summed E-state index contributed by atoms with van der Waals surface area (Å²) in [5, 5.41) is 11.3. The van der Waals surface area contributed by atoms with Crippen molar-refractivity contribution in [1.29, 1.82) is 0 Å². The zero-order chi connectivity index (χ0) is 18.0. The average molecular weight is 364 g/mol. The van der Waals surface area contributed by atoms with Gasteiger partial charge in [0.15, 0.2) is 0 Å². The van der Waals surface area contributed by atoms with E-state index in [1.54, 1.807) is 11.0 Å². The Bertz CT molecular complexity index is 813. The average Bonchev–Trinajstić information content (AvgIpc) is 3.15. The van der Waals surface area contributed by atoms with Gasteiger partial charge >= 0.3 is 0 Å². The first-order valence-corrected chi connectivity index (χ1v) is 7.90. The Morgan fingerprint density at radius 1 is 1.08 bits per heavy atom. The van der Waals surface area contributed by atoms with Gasteiger partial charge in [0.2, 0.25) is 0 Å². The van der Waals surface area contributed by atoms with Crippen LogP contribution in [-0.4, -0.2) is 52.7 Å². The van der Waals surface area contributed by atoms with Gasteiger partial charge in [-0.2, -0.15) is 0 Å². The molecule has 1 saturated heterocycles. The van der Waals surface area contributed by atoms with Crippen molar-refractivity contribution in [1.82, 2.24) is 9.80 Å². The molecule has 1 aliphatic rings. The highest BCUT2D eigenvalue weighted by Gasteiger charge is 2.29. The van der Waals surface area contributed by atoms with E-state index in [0.717, 1.165) is 6.07 Å². The fourth-order valence-corrected chi connectivity index (χ4v) is 2.85. The molecule has 8 nitrogen and oxygen atoms in total. The summed E-state index contributed by atoms with van der Waals surface area (Å²) < 4.78 is 4.90. The lowest BCUT2D eigenvalue weighted by Gasteiger charge is -2.34. The Labute approximate surface area is 147 Å². The van der Waals surface area contributed by atoms with Crippen LogP contribution in [-0.2, 0) is 0 Å². The molecule has 0 atom stereocenters. The summed E-state index contributed by atoms with van der Waals surface area (Å²) in [6.45, 7) is 1.28. The minimum absolute atomic E-state index is 0.0102. The second kappa shape index (κ2) is 6.94. The fourth-order valence-electron chi connectivity index (χ4n) is 2.69. The lowest BCUT2D eigenvalue weighted by molar-refractivity contribution is -0.385. The number of halogens is 1. The molecule has 1 aliphatic heterocycles. The molecule has 25 heavy (non-hydrogen) atoms. The zero-order valence-electron chi connectivity index (χ0n) is 13.1. The number of hydrogen-bond donors (Lipinski definition) is 0. The molecular formula is C16H14ClN3O5. The van der Waals surface area contributed by atoms with E-state index >= 15 is 0 Å². The summed E-state index contributed by atoms with van der Waals surface area (Å²) in [6, 6.07) is 5.54. The SMILES string of the molecule is O=C(c1ccoc1)N1CCN(C(=O)c2ccc(Cl)cc2[N+](=O)[O-])CC1. The predicted molar refractivity (Wildman–Crippen MR) is 88.6 cm³/mol. The molecular weight excluding hydrogens is 350 g/mol. The Morgan fingerprint density at radius 3 is 2.28 bits per heavy atom. The Kier molecular flexibility index (Phi) is 4.71. The standard InChI is InChI=1S/C16H14ClN3O5/c17-12-1-2-13(14(9-12)20(23)24)16(22)19-6-4-18(5-7-19)15(21)11-3-8-25-10-11/h1-3,8-10H,4-7H2. The van der Waals surface area contributed by atoms with Gasteiger partial charge in [-0.15, -0.1) is 0 Å². The molecule has 2 aromatic rings. The zero-order valence-corrected chi connectivity index (χ0v) is 13.8. The molecule has 1 fully saturated rings. The Hall–Kier alpha value is -2.87. The first kappa shape index (κ1) is 17.0. The number of nitro groups is 1. The van der Waals surface area contributed by atoms with Crippen LogP contribution >= 0.6 is 11.6 Å². The van der Waals surface area contributed by atoms with Crippen molar-refractivity contribution >= 4 is 29.1 Å². The van der Waals surface area contributed by atoms with Crippen molar-refractivity contribution < 1.29 is 18.9 Å². The van der Waals surface area contributed by atoms with Gasteiger partial charge in [0.1, 0.15) is 11.8 Å². The monoisotopic (exact) mass is 363 g/mol. The number of hydrogen-bond acceptors (Lipinski definition) is 5. The Balaban J connectivity index is 1.70. The molecule has 9 heteroatoms. The fraction of sp³-hybridized carbons (Fsp3) is 0.250. The molecule has 2 heterocycles. The summed E-state index contributed by atoms with van der Waals surface area (Å²) in [6.07, 6.45) is 2.80. The van der Waals surface area contributed by atoms with E-state index in [0.29, 0.717) is 31.7 Å². The first-order valence-electron chi connectivity index (χ1n) is 7.52. The molecule has 130 valence electrons. The molecule has 0 saturated carbocycles. The van der Waals surface area contributed by atoms with Gasteiger partial charge in [-0.05, 0) is 18.2 Å². The summed E-state index contributed by atoms with van der Waals surface area (Å²) in [7, 11) is 0. The number of amides is 2. The second-order valence-corrected chi connectivity index (χ2v) is 5.95. The van der Waals surface area contributed by atoms with Crippen molar-refractivity contribution in [2.75, 3.05) is 26.2 Å². The molecule has 2 amide bonds. The molecule has 0 spiro atoms. The van der Waals surface area contributed by atoms with Gasteiger partial charge in [0.05, 0.1) is 16.7 Å². The van der Waals surface area contributed by atoms with Gasteiger partial charge < -0.3 is 14.2 Å². The maximum atomic E-state index is 12.6. The number of carbonyl (C=O) groups is 2. The van der Waals surface area contributed by atoms with E-state index in [2.05, 4.69) is 0 Å². The maximum absolute atomic E-state index is 12.6. The highest BCUT2D eigenvalue weighted by molar-refractivity contribution is 6.31. The third-order valence-electron chi connectivity index (χ3n) is 4.01. The minimum atomic E-state index is -0.627. The maximum Gasteiger partial charge on any atom is 0.283 e. The van der Waals surface area contributed by atoms with Crippen LogP contribution in [0.4, 0.5) is 5.69 Å². The van der Waals surface area contributed by atoms with E-state index < -0.39 is 10.8 Å². The smallest absolute Gasteiger partial charge is 0.283 e. The van der Waals surface area contributed by atoms with Crippen molar-refractivity contribution in [3.05, 3.63) is 63.1 Å². The van der Waals surface area contributed by atoms with Crippen LogP contribution in [0.2, 0.25) is 5.02 Å². The van der Waals surface area contributed by atoms with Crippen molar-refractivity contribution in [3.63, 3.8) is 0 Å². The van der Waals surface area contributed by atoms with E-state index in [1.807, 2.05) is 0 Å². The molecule has 0 aliphatic carbocycles. The summed E-state index contributed by atoms with van der Waals surface area (Å²) in [5.41, 5.74) is 0.117. The third kappa shape index (κ3) is 3.48. The number of nitrogens with zero attached hydrogens (tertiary/aromatic N) is 3. The van der Waals surface area contributed by atoms with Gasteiger partial charge in [-0.3, -0.25) is 19.7 Å². The van der Waals surface area contributed by atoms with Crippen LogP contribution in [0.5, 0.6) is 0 Å². The molecule has 1 aromatic carbocycles. The quantitative estimate of drug-likeness (QED) is 0.616. The van der Waals surface area contributed by atoms with Gasteiger partial charge in [-0.1, -0.05) is 11.6 Å². The number of rotatable bonds is 3. The van der Waals surface area contributed by atoms with Crippen molar-refractivity contribution in [2.45, 2.75) is 0 Å². The number of carbonyl (C=O) groups excluding carboxylic acids is 2. The van der Waals surface area contributed by atoms with Gasteiger partial charge in [0, 0.05) is 37.3 Å². The molecule has 3 rings (SSSR count). The topological polar surface area (TPSA) is 96.9 Å². The minimum Gasteiger partial charge on any atom is -0.472 e. The lowest BCUT2D eigenvalue weighted by atomic mass is 10.1. The molecule has 1 aromatic heterocycles. The molecule has 0 bridgehead atoms. The third-order valence-corrected chi connectivity index (χ3v) is 4.24. The molecule has 0 radical (unpaired) electrons. The van der Waals surface area contributed by atoms with Crippen molar-refractivity contribution in [3.8, 4) is 0 Å². The summed E-state index contributed by atoms with van der Waals surface area (Å²) >= 11 is 5.77. The van der Waals surface area contributed by atoms with Gasteiger partial charge in [-0.25, -0.2) is 0 Å². The van der Waals surface area contributed by atoms with Crippen LogP contribution in [0.15, 0.2) is 41.2 Å². The predicted octanol–water partition coefficient (Wildman–Crippen LogP) is 2.44. The summed E-state index contributed by atoms with van der Waals surface area (Å²) in [5.74, 6) is -0.614. The van der Waals surface area contributed by atoms with Crippen LogP contribution in [0.3, 0.4) is 0 Å². The first-order chi connectivity index (χ1) is 12.0. The second-order valence-electron chi connectivity index (χ2n) is 5.52. The van der Waals surface area contributed by atoms with E-state index in [9.17, 15) is 19.7 Å². The van der Waals surface area contributed by atoms with Crippen LogP contribution in [0, 0.1) is 10.1 Å². The largest absolute Gasteiger partial charge is 0.472 e. The van der Waals surface area contributed by atoms with Crippen molar-refractivity contribution in [2.24, 2.45) is 0 Å². The Morgan fingerprint density at radius 2 is 1.72 bits per heavy atom. The molecule has 0 N–H and O–H groups in total. The lowest BCUT2D eigenvalue weighted by Crippen LogP contribution is -2.50. The highest BCUT2D eigenvalue weighted by Crippen LogP contribution is 2.25. The van der Waals surface area contributed by atoms with Crippen LogP contribution in [0.1, 0.15) is 20.7 Å². The van der Waals surface area contributed by atoms with E-state index in [1.165, 1.54) is 29.6 Å². The normalized spacial score (nSPS) is 14.4. The number of benzene rings is 1. The summed E-state index contributed by atoms with van der Waals surface area (Å²) in [4.78, 5) is 38.5.